The molecule has 2 aliphatic carbocycles. The van der Waals surface area contributed by atoms with E-state index < -0.39 is 0 Å². The lowest BCUT2D eigenvalue weighted by molar-refractivity contribution is -0.149. The van der Waals surface area contributed by atoms with Gasteiger partial charge in [0.1, 0.15) is 0 Å². The number of ether oxygens (including phenoxy) is 1. The number of benzene rings is 1. The van der Waals surface area contributed by atoms with Crippen molar-refractivity contribution in [1.29, 1.82) is 0 Å². The first-order chi connectivity index (χ1) is 9.60. The molecule has 0 amide bonds. The van der Waals surface area contributed by atoms with Gasteiger partial charge in [-0.1, -0.05) is 35.7 Å². The van der Waals surface area contributed by atoms with Gasteiger partial charge in [-0.15, -0.1) is 0 Å². The minimum atomic E-state index is -0.0774. The average Bonchev–Trinajstić information content (AvgIpc) is 2.82. The summed E-state index contributed by atoms with van der Waals surface area (Å²) in [7, 11) is 1.48. The Bertz CT molecular complexity index is 529. The molecule has 20 heavy (non-hydrogen) atoms. The van der Waals surface area contributed by atoms with Gasteiger partial charge in [0, 0.05) is 0 Å². The summed E-state index contributed by atoms with van der Waals surface area (Å²) < 4.78 is 5.05. The fraction of sp³-hybridized carbons (Fsp3) is 0.562. The smallest absolute Gasteiger partial charge is 0.309 e. The lowest BCUT2D eigenvalue weighted by atomic mass is 9.69. The van der Waals surface area contributed by atoms with Gasteiger partial charge >= 0.3 is 5.97 Å². The van der Waals surface area contributed by atoms with Gasteiger partial charge in [-0.2, -0.15) is 0 Å². The maximum Gasteiger partial charge on any atom is 0.309 e. The number of fused-ring (bicyclic) bond motifs is 2. The van der Waals surface area contributed by atoms with Gasteiger partial charge in [0.15, 0.2) is 0 Å². The van der Waals surface area contributed by atoms with E-state index in [0.29, 0.717) is 16.0 Å². The second-order valence-corrected chi connectivity index (χ2v) is 6.82. The van der Waals surface area contributed by atoms with E-state index in [2.05, 4.69) is 0 Å². The number of carbonyl (C=O) groups is 1. The molecule has 0 spiro atoms. The minimum absolute atomic E-state index is 0.0315. The number of hydrogen-bond donors (Lipinski definition) is 0. The van der Waals surface area contributed by atoms with Gasteiger partial charge in [0.05, 0.1) is 23.1 Å². The van der Waals surface area contributed by atoms with E-state index in [9.17, 15) is 4.79 Å². The number of methoxy groups -OCH3 is 1. The molecule has 2 saturated carbocycles. The van der Waals surface area contributed by atoms with E-state index >= 15 is 0 Å². The molecule has 0 radical (unpaired) electrons. The van der Waals surface area contributed by atoms with Crippen LogP contribution in [0.3, 0.4) is 0 Å². The highest BCUT2D eigenvalue weighted by Crippen LogP contribution is 2.52. The van der Waals surface area contributed by atoms with Crippen LogP contribution < -0.4 is 0 Å². The molecule has 0 aromatic heterocycles. The summed E-state index contributed by atoms with van der Waals surface area (Å²) in [5.41, 5.74) is 1.12. The second-order valence-electron chi connectivity index (χ2n) is 6.00. The number of halogens is 2. The standard InChI is InChI=1S/C16H18Cl2O2/c1-20-16(19)15-11-3-2-9(6-11)7-12(15)10-4-5-13(17)14(18)8-10/h4-5,8-9,11-12,15H,2-3,6-7H2,1H3/t9?,11?,12?,15-/m1/s1. The highest BCUT2D eigenvalue weighted by Gasteiger charge is 2.46. The molecule has 0 aliphatic heterocycles. The summed E-state index contributed by atoms with van der Waals surface area (Å²) in [6.45, 7) is 0. The number of esters is 1. The third-order valence-corrected chi connectivity index (χ3v) is 5.69. The zero-order chi connectivity index (χ0) is 14.3. The fourth-order valence-corrected chi connectivity index (χ4v) is 4.37. The van der Waals surface area contributed by atoms with E-state index in [4.69, 9.17) is 27.9 Å². The van der Waals surface area contributed by atoms with Crippen LogP contribution in [-0.2, 0) is 9.53 Å². The van der Waals surface area contributed by atoms with Crippen LogP contribution in [-0.4, -0.2) is 13.1 Å². The van der Waals surface area contributed by atoms with Gasteiger partial charge < -0.3 is 4.74 Å². The van der Waals surface area contributed by atoms with Crippen LogP contribution >= 0.6 is 23.2 Å². The molecule has 2 nitrogen and oxygen atoms in total. The summed E-state index contributed by atoms with van der Waals surface area (Å²) in [6, 6.07) is 5.74. The molecule has 3 unspecified atom stereocenters. The molecule has 4 atom stereocenters. The van der Waals surface area contributed by atoms with Crippen LogP contribution in [0.2, 0.25) is 10.0 Å². The topological polar surface area (TPSA) is 26.3 Å². The van der Waals surface area contributed by atoms with Gasteiger partial charge in [-0.3, -0.25) is 4.79 Å². The Balaban J connectivity index is 1.96. The van der Waals surface area contributed by atoms with Crippen molar-refractivity contribution in [2.45, 2.75) is 31.6 Å². The van der Waals surface area contributed by atoms with Crippen molar-refractivity contribution in [3.8, 4) is 0 Å². The number of carbonyl (C=O) groups excluding carboxylic acids is 1. The molecular weight excluding hydrogens is 295 g/mol. The second kappa shape index (κ2) is 5.57. The Labute approximate surface area is 129 Å². The quantitative estimate of drug-likeness (QED) is 0.741. The predicted octanol–water partition coefficient (Wildman–Crippen LogP) is 4.69. The van der Waals surface area contributed by atoms with E-state index in [1.165, 1.54) is 13.5 Å². The molecule has 0 saturated heterocycles. The Morgan fingerprint density at radius 3 is 2.70 bits per heavy atom. The average molecular weight is 313 g/mol. The number of hydrogen-bond acceptors (Lipinski definition) is 2. The molecule has 3 rings (SSSR count). The van der Waals surface area contributed by atoms with Gasteiger partial charge in [0.25, 0.3) is 0 Å². The van der Waals surface area contributed by atoms with Crippen molar-refractivity contribution in [2.75, 3.05) is 7.11 Å². The molecule has 2 bridgehead atoms. The molecule has 4 heteroatoms. The molecule has 2 fully saturated rings. The van der Waals surface area contributed by atoms with Gasteiger partial charge in [0.2, 0.25) is 0 Å². The third-order valence-electron chi connectivity index (χ3n) is 4.96. The van der Waals surface area contributed by atoms with Gasteiger partial charge in [-0.05, 0) is 54.7 Å². The van der Waals surface area contributed by atoms with E-state index in [-0.39, 0.29) is 17.8 Å². The lowest BCUT2D eigenvalue weighted by Crippen LogP contribution is -2.33. The first-order valence-corrected chi connectivity index (χ1v) is 7.88. The highest BCUT2D eigenvalue weighted by molar-refractivity contribution is 6.42. The summed E-state index contributed by atoms with van der Waals surface area (Å²) in [6.07, 6.45) is 4.59. The first-order valence-electron chi connectivity index (χ1n) is 7.13. The minimum Gasteiger partial charge on any atom is -0.469 e. The Kier molecular flexibility index (Phi) is 3.96. The van der Waals surface area contributed by atoms with Crippen LogP contribution in [0.4, 0.5) is 0 Å². The van der Waals surface area contributed by atoms with Crippen molar-refractivity contribution in [3.05, 3.63) is 33.8 Å². The van der Waals surface area contributed by atoms with E-state index in [1.807, 2.05) is 18.2 Å². The van der Waals surface area contributed by atoms with Crippen LogP contribution in [0.15, 0.2) is 18.2 Å². The van der Waals surface area contributed by atoms with E-state index in [0.717, 1.165) is 30.7 Å². The molecule has 0 N–H and O–H groups in total. The predicted molar refractivity (Wildman–Crippen MR) is 80.2 cm³/mol. The first kappa shape index (κ1) is 14.2. The number of rotatable bonds is 2. The maximum atomic E-state index is 12.2. The van der Waals surface area contributed by atoms with Crippen molar-refractivity contribution < 1.29 is 9.53 Å². The molecular formula is C16H18Cl2O2. The molecule has 0 heterocycles. The summed E-state index contributed by atoms with van der Waals surface area (Å²) in [5.74, 6) is 1.30. The van der Waals surface area contributed by atoms with Crippen LogP contribution in [0.1, 0.15) is 37.2 Å². The van der Waals surface area contributed by atoms with Gasteiger partial charge in [-0.25, -0.2) is 0 Å². The molecule has 1 aromatic carbocycles. The van der Waals surface area contributed by atoms with Crippen molar-refractivity contribution in [1.82, 2.24) is 0 Å². The third kappa shape index (κ3) is 2.44. The lowest BCUT2D eigenvalue weighted by Gasteiger charge is -2.35. The molecule has 108 valence electrons. The van der Waals surface area contributed by atoms with Crippen molar-refractivity contribution in [2.24, 2.45) is 17.8 Å². The van der Waals surface area contributed by atoms with Crippen LogP contribution in [0.5, 0.6) is 0 Å². The van der Waals surface area contributed by atoms with Crippen LogP contribution in [0, 0.1) is 17.8 Å². The fourth-order valence-electron chi connectivity index (χ4n) is 4.07. The van der Waals surface area contributed by atoms with Crippen LogP contribution in [0.25, 0.3) is 0 Å². The SMILES string of the molecule is COC(=O)[C@@H]1C2CCC(C2)CC1c1ccc(Cl)c(Cl)c1. The zero-order valence-electron chi connectivity index (χ0n) is 11.4. The normalized spacial score (nSPS) is 32.1. The monoisotopic (exact) mass is 312 g/mol. The summed E-state index contributed by atoms with van der Waals surface area (Å²) in [5, 5.41) is 1.12. The van der Waals surface area contributed by atoms with Crippen molar-refractivity contribution in [3.63, 3.8) is 0 Å². The van der Waals surface area contributed by atoms with Crippen molar-refractivity contribution >= 4 is 29.2 Å². The zero-order valence-corrected chi connectivity index (χ0v) is 13.0. The summed E-state index contributed by atoms with van der Waals surface area (Å²) >= 11 is 12.1. The van der Waals surface area contributed by atoms with E-state index in [1.54, 1.807) is 0 Å². The molecule has 1 aromatic rings. The Morgan fingerprint density at radius 1 is 1.20 bits per heavy atom. The Hall–Kier alpha value is -0.730. The largest absolute Gasteiger partial charge is 0.469 e. The molecule has 2 aliphatic rings. The highest BCUT2D eigenvalue weighted by atomic mass is 35.5. The maximum absolute atomic E-state index is 12.2. The summed E-state index contributed by atoms with van der Waals surface area (Å²) in [4.78, 5) is 12.2. The Morgan fingerprint density at radius 2 is 2.00 bits per heavy atom.